The maximum atomic E-state index is 13.3. The number of nitrogens with two attached hydrogens (primary N) is 1. The third-order valence-corrected chi connectivity index (χ3v) is 3.09. The largest absolute Gasteiger partial charge is 0.455 e. The minimum absolute atomic E-state index is 0.302. The van der Waals surface area contributed by atoms with E-state index in [1.807, 2.05) is 26.0 Å². The second kappa shape index (κ2) is 6.01. The van der Waals surface area contributed by atoms with Gasteiger partial charge in [-0.2, -0.15) is 0 Å². The number of pyridine rings is 1. The molecule has 4 heteroatoms. The van der Waals surface area contributed by atoms with E-state index in [1.54, 1.807) is 13.0 Å². The van der Waals surface area contributed by atoms with Crippen LogP contribution in [0.1, 0.15) is 36.8 Å². The fourth-order valence-corrected chi connectivity index (χ4v) is 2.03. The van der Waals surface area contributed by atoms with E-state index < -0.39 is 0 Å². The van der Waals surface area contributed by atoms with E-state index in [0.29, 0.717) is 17.1 Å². The summed E-state index contributed by atoms with van der Waals surface area (Å²) in [6.45, 7) is 5.76. The van der Waals surface area contributed by atoms with Crippen molar-refractivity contribution in [1.29, 1.82) is 0 Å². The molecule has 1 atom stereocenters. The fraction of sp³-hybridized carbons (Fsp3) is 0.312. The van der Waals surface area contributed by atoms with Gasteiger partial charge in [0.15, 0.2) is 0 Å². The molecule has 0 aliphatic rings. The first kappa shape index (κ1) is 14.5. The molecule has 106 valence electrons. The van der Waals surface area contributed by atoms with Gasteiger partial charge >= 0.3 is 0 Å². The first-order chi connectivity index (χ1) is 9.51. The lowest BCUT2D eigenvalue weighted by atomic mass is 10.1. The number of hydrogen-bond donors (Lipinski definition) is 1. The molecule has 1 aromatic heterocycles. The predicted octanol–water partition coefficient (Wildman–Crippen LogP) is 3.90. The molecule has 3 nitrogen and oxygen atoms in total. The summed E-state index contributed by atoms with van der Waals surface area (Å²) in [6.07, 6.45) is 0.770. The summed E-state index contributed by atoms with van der Waals surface area (Å²) < 4.78 is 19.2. The van der Waals surface area contributed by atoms with Crippen LogP contribution in [0.2, 0.25) is 0 Å². The van der Waals surface area contributed by atoms with E-state index in [1.165, 1.54) is 12.1 Å². The number of hydrogen-bond acceptors (Lipinski definition) is 3. The first-order valence-corrected chi connectivity index (χ1v) is 6.70. The number of aromatic nitrogens is 1. The Morgan fingerprint density at radius 1 is 1.25 bits per heavy atom. The van der Waals surface area contributed by atoms with Crippen molar-refractivity contribution in [3.8, 4) is 11.5 Å². The molecule has 0 saturated carbocycles. The molecule has 1 heterocycles. The number of halogens is 1. The zero-order valence-corrected chi connectivity index (χ0v) is 12.0. The fourth-order valence-electron chi connectivity index (χ4n) is 2.03. The Kier molecular flexibility index (Phi) is 4.35. The summed E-state index contributed by atoms with van der Waals surface area (Å²) in [4.78, 5) is 4.45. The monoisotopic (exact) mass is 274 g/mol. The third-order valence-electron chi connectivity index (χ3n) is 3.09. The highest BCUT2D eigenvalue weighted by molar-refractivity contribution is 5.41. The van der Waals surface area contributed by atoms with E-state index in [0.717, 1.165) is 17.8 Å². The Morgan fingerprint density at radius 2 is 1.95 bits per heavy atom. The van der Waals surface area contributed by atoms with Crippen molar-refractivity contribution in [2.24, 2.45) is 5.73 Å². The number of nitrogens with zero attached hydrogens (tertiary/aromatic N) is 1. The quantitative estimate of drug-likeness (QED) is 0.919. The summed E-state index contributed by atoms with van der Waals surface area (Å²) in [5, 5.41) is 0. The van der Waals surface area contributed by atoms with Gasteiger partial charge in [-0.3, -0.25) is 4.98 Å². The van der Waals surface area contributed by atoms with Crippen molar-refractivity contribution >= 4 is 0 Å². The number of ether oxygens (including phenoxy) is 1. The number of aryl methyl sites for hydroxylation is 2. The van der Waals surface area contributed by atoms with Gasteiger partial charge in [-0.15, -0.1) is 0 Å². The minimum Gasteiger partial charge on any atom is -0.455 e. The van der Waals surface area contributed by atoms with E-state index >= 15 is 0 Å². The maximum absolute atomic E-state index is 13.3. The van der Waals surface area contributed by atoms with Crippen LogP contribution < -0.4 is 10.5 Å². The standard InChI is InChI=1S/C16H19FN2O/c1-4-14-16(7-5-10(2)19-14)20-15-8-6-12(17)9-13(15)11(3)18/h5-9,11H,4,18H2,1-3H3/t11-/m0/s1. The van der Waals surface area contributed by atoms with Crippen molar-refractivity contribution < 1.29 is 9.13 Å². The highest BCUT2D eigenvalue weighted by atomic mass is 19.1. The normalized spacial score (nSPS) is 12.2. The molecule has 0 fully saturated rings. The molecule has 0 saturated heterocycles. The third kappa shape index (κ3) is 3.14. The van der Waals surface area contributed by atoms with Gasteiger partial charge in [-0.05, 0) is 50.6 Å². The second-order valence-corrected chi connectivity index (χ2v) is 4.82. The summed E-state index contributed by atoms with van der Waals surface area (Å²) in [5.74, 6) is 0.941. The molecule has 20 heavy (non-hydrogen) atoms. The molecule has 0 aliphatic carbocycles. The summed E-state index contributed by atoms with van der Waals surface area (Å²) in [5.41, 5.74) is 8.34. The van der Waals surface area contributed by atoms with Gasteiger partial charge in [0.25, 0.3) is 0 Å². The Bertz CT molecular complexity index is 611. The van der Waals surface area contributed by atoms with Gasteiger partial charge in [0.2, 0.25) is 0 Å². The summed E-state index contributed by atoms with van der Waals surface area (Å²) in [6, 6.07) is 7.86. The maximum Gasteiger partial charge on any atom is 0.148 e. The van der Waals surface area contributed by atoms with Crippen LogP contribution in [0.25, 0.3) is 0 Å². The molecular weight excluding hydrogens is 255 g/mol. The Balaban J connectivity index is 2.39. The zero-order valence-electron chi connectivity index (χ0n) is 12.0. The van der Waals surface area contributed by atoms with E-state index in [9.17, 15) is 4.39 Å². The number of benzene rings is 1. The summed E-state index contributed by atoms with van der Waals surface area (Å²) >= 11 is 0. The topological polar surface area (TPSA) is 48.1 Å². The highest BCUT2D eigenvalue weighted by Crippen LogP contribution is 2.31. The van der Waals surface area contributed by atoms with Gasteiger partial charge in [0.05, 0.1) is 5.69 Å². The molecule has 2 aromatic rings. The van der Waals surface area contributed by atoms with Crippen LogP contribution in [-0.2, 0) is 6.42 Å². The molecule has 2 rings (SSSR count). The summed E-state index contributed by atoms with van der Waals surface area (Å²) in [7, 11) is 0. The minimum atomic E-state index is -0.317. The van der Waals surface area contributed by atoms with Crippen LogP contribution in [0, 0.1) is 12.7 Å². The lowest BCUT2D eigenvalue weighted by Crippen LogP contribution is -2.07. The number of rotatable bonds is 4. The van der Waals surface area contributed by atoms with Crippen molar-refractivity contribution in [1.82, 2.24) is 4.98 Å². The van der Waals surface area contributed by atoms with Gasteiger partial charge < -0.3 is 10.5 Å². The van der Waals surface area contributed by atoms with Gasteiger partial charge in [0.1, 0.15) is 17.3 Å². The lowest BCUT2D eigenvalue weighted by Gasteiger charge is -2.15. The molecule has 1 aromatic carbocycles. The van der Waals surface area contributed by atoms with Crippen LogP contribution in [0.3, 0.4) is 0 Å². The molecule has 0 amide bonds. The van der Waals surface area contributed by atoms with Crippen molar-refractivity contribution in [2.45, 2.75) is 33.2 Å². The smallest absolute Gasteiger partial charge is 0.148 e. The van der Waals surface area contributed by atoms with Crippen molar-refractivity contribution in [3.63, 3.8) is 0 Å². The van der Waals surface area contributed by atoms with E-state index in [4.69, 9.17) is 10.5 Å². The lowest BCUT2D eigenvalue weighted by molar-refractivity contribution is 0.460. The van der Waals surface area contributed by atoms with Gasteiger partial charge in [0, 0.05) is 17.3 Å². The molecule has 0 bridgehead atoms. The van der Waals surface area contributed by atoms with Crippen LogP contribution in [-0.4, -0.2) is 4.98 Å². The zero-order chi connectivity index (χ0) is 14.7. The predicted molar refractivity (Wildman–Crippen MR) is 77.4 cm³/mol. The van der Waals surface area contributed by atoms with Gasteiger partial charge in [-0.25, -0.2) is 4.39 Å². The highest BCUT2D eigenvalue weighted by Gasteiger charge is 2.12. The molecule has 0 spiro atoms. The molecule has 0 aliphatic heterocycles. The SMILES string of the molecule is CCc1nc(C)ccc1Oc1ccc(F)cc1[C@H](C)N. The van der Waals surface area contributed by atoms with E-state index in [2.05, 4.69) is 4.98 Å². The average molecular weight is 274 g/mol. The van der Waals surface area contributed by atoms with E-state index in [-0.39, 0.29) is 11.9 Å². The van der Waals surface area contributed by atoms with Gasteiger partial charge in [-0.1, -0.05) is 6.92 Å². The second-order valence-electron chi connectivity index (χ2n) is 4.82. The Hall–Kier alpha value is -1.94. The molecule has 0 radical (unpaired) electrons. The van der Waals surface area contributed by atoms with Crippen molar-refractivity contribution in [3.05, 3.63) is 53.1 Å². The van der Waals surface area contributed by atoms with Crippen molar-refractivity contribution in [2.75, 3.05) is 0 Å². The van der Waals surface area contributed by atoms with Crippen LogP contribution in [0.5, 0.6) is 11.5 Å². The Morgan fingerprint density at radius 3 is 2.60 bits per heavy atom. The molecular formula is C16H19FN2O. The average Bonchev–Trinajstić information content (AvgIpc) is 2.42. The molecule has 0 unspecified atom stereocenters. The van der Waals surface area contributed by atoms with Crippen LogP contribution >= 0.6 is 0 Å². The molecule has 2 N–H and O–H groups in total. The van der Waals surface area contributed by atoms with Crippen LogP contribution in [0.15, 0.2) is 30.3 Å². The van der Waals surface area contributed by atoms with Crippen LogP contribution in [0.4, 0.5) is 4.39 Å². The first-order valence-electron chi connectivity index (χ1n) is 6.70. The Labute approximate surface area is 118 Å².